The number of hydrogen-bond acceptors (Lipinski definition) is 1. The molecule has 0 saturated carbocycles. The van der Waals surface area contributed by atoms with Crippen molar-refractivity contribution in [2.24, 2.45) is 4.99 Å². The first-order chi connectivity index (χ1) is 5.81. The first-order valence-electron chi connectivity index (χ1n) is 3.61. The van der Waals surface area contributed by atoms with E-state index >= 15 is 0 Å². The second-order valence-corrected chi connectivity index (χ2v) is 3.02. The number of aliphatic imine (C=N–C) groups is 1. The van der Waals surface area contributed by atoms with Crippen molar-refractivity contribution in [3.8, 4) is 0 Å². The van der Waals surface area contributed by atoms with Crippen molar-refractivity contribution in [1.29, 1.82) is 0 Å². The Morgan fingerprint density at radius 3 is 2.67 bits per heavy atom. The third-order valence-electron chi connectivity index (χ3n) is 0.946. The molecule has 0 bridgehead atoms. The van der Waals surface area contributed by atoms with Crippen molar-refractivity contribution in [3.05, 3.63) is 49.2 Å². The zero-order valence-electron chi connectivity index (χ0n) is 7.07. The highest BCUT2D eigenvalue weighted by Gasteiger charge is 1.77. The van der Waals surface area contributed by atoms with Crippen molar-refractivity contribution < 1.29 is 0 Å². The summed E-state index contributed by atoms with van der Waals surface area (Å²) in [7, 11) is 0. The van der Waals surface area contributed by atoms with Crippen molar-refractivity contribution in [3.63, 3.8) is 0 Å². The van der Waals surface area contributed by atoms with Gasteiger partial charge in [-0.05, 0) is 41.7 Å². The fourth-order valence-corrected chi connectivity index (χ4v) is 1.01. The first-order valence-corrected chi connectivity index (χ1v) is 4.69. The molecule has 1 nitrogen and oxygen atoms in total. The van der Waals surface area contributed by atoms with Crippen LogP contribution in [0, 0.1) is 0 Å². The monoisotopic (exact) mass is 273 g/mol. The molecule has 0 aliphatic heterocycles. The highest BCUT2D eigenvalue weighted by Crippen LogP contribution is 1.94. The molecule has 0 aliphatic rings. The molecular weight excluding hydrogens is 261 g/mol. The molecule has 0 aromatic heterocycles. The summed E-state index contributed by atoms with van der Waals surface area (Å²) in [6.07, 6.45) is 13.0. The molecule has 0 aliphatic carbocycles. The average molecular weight is 273 g/mol. The van der Waals surface area contributed by atoms with E-state index in [2.05, 4.69) is 34.2 Å². The van der Waals surface area contributed by atoms with Crippen LogP contribution in [0.4, 0.5) is 0 Å². The van der Waals surface area contributed by atoms with E-state index in [0.717, 1.165) is 3.72 Å². The lowest BCUT2D eigenvalue weighted by atomic mass is 10.5. The largest absolute Gasteiger partial charge is 0.250 e. The van der Waals surface area contributed by atoms with Gasteiger partial charge < -0.3 is 0 Å². The number of rotatable bonds is 4. The molecule has 0 rings (SSSR count). The van der Waals surface area contributed by atoms with Crippen molar-refractivity contribution in [2.75, 3.05) is 0 Å². The Bertz CT molecular complexity index is 234. The molecule has 64 valence electrons. The van der Waals surface area contributed by atoms with Crippen LogP contribution < -0.4 is 0 Å². The second-order valence-electron chi connectivity index (χ2n) is 1.91. The van der Waals surface area contributed by atoms with Gasteiger partial charge in [0.15, 0.2) is 0 Å². The van der Waals surface area contributed by atoms with E-state index in [1.54, 1.807) is 12.3 Å². The van der Waals surface area contributed by atoms with Crippen LogP contribution in [0.5, 0.6) is 0 Å². The van der Waals surface area contributed by atoms with Crippen molar-refractivity contribution in [1.82, 2.24) is 0 Å². The number of allylic oxidation sites excluding steroid dienone is 6. The van der Waals surface area contributed by atoms with Gasteiger partial charge in [0, 0.05) is 6.20 Å². The third kappa shape index (κ3) is 7.47. The molecule has 0 unspecified atom stereocenters. The summed E-state index contributed by atoms with van der Waals surface area (Å²) >= 11 is 2.17. The molecule has 0 spiro atoms. The van der Waals surface area contributed by atoms with Crippen LogP contribution in [0.15, 0.2) is 54.2 Å². The van der Waals surface area contributed by atoms with E-state index in [4.69, 9.17) is 0 Å². The van der Waals surface area contributed by atoms with Crippen molar-refractivity contribution in [2.45, 2.75) is 6.92 Å². The molecule has 0 radical (unpaired) electrons. The van der Waals surface area contributed by atoms with Gasteiger partial charge >= 0.3 is 0 Å². The van der Waals surface area contributed by atoms with Gasteiger partial charge in [-0.2, -0.15) is 0 Å². The lowest BCUT2D eigenvalue weighted by molar-refractivity contribution is 1.59. The van der Waals surface area contributed by atoms with E-state index in [0.29, 0.717) is 0 Å². The second kappa shape index (κ2) is 8.46. The summed E-state index contributed by atoms with van der Waals surface area (Å²) in [6, 6.07) is 0. The summed E-state index contributed by atoms with van der Waals surface area (Å²) in [5.74, 6) is 0. The molecule has 0 atom stereocenters. The zero-order valence-corrected chi connectivity index (χ0v) is 9.23. The van der Waals surface area contributed by atoms with Gasteiger partial charge in [0.1, 0.15) is 3.72 Å². The minimum atomic E-state index is 0.971. The van der Waals surface area contributed by atoms with Crippen LogP contribution in [-0.4, -0.2) is 3.72 Å². The third-order valence-corrected chi connectivity index (χ3v) is 1.58. The minimum Gasteiger partial charge on any atom is -0.250 e. The fourth-order valence-electron chi connectivity index (χ4n) is 0.487. The SMILES string of the molecule is C=C/C=C/C=C\N=C(I)/C=C\C. The highest BCUT2D eigenvalue weighted by molar-refractivity contribution is 14.1. The Balaban J connectivity index is 3.93. The summed E-state index contributed by atoms with van der Waals surface area (Å²) in [6.45, 7) is 5.52. The standard InChI is InChI=1S/C10H12IN/c1-3-5-6-7-9-12-10(11)8-4-2/h3-9H,1H2,2H3/b6-5+,8-4-,9-7-,12-10+. The smallest absolute Gasteiger partial charge is 0.101 e. The van der Waals surface area contributed by atoms with Crippen LogP contribution in [0.3, 0.4) is 0 Å². The Kier molecular flexibility index (Phi) is 8.01. The maximum Gasteiger partial charge on any atom is 0.101 e. The molecule has 12 heavy (non-hydrogen) atoms. The van der Waals surface area contributed by atoms with Gasteiger partial charge in [-0.3, -0.25) is 4.99 Å². The lowest BCUT2D eigenvalue weighted by Crippen LogP contribution is -1.73. The Labute approximate surface area is 87.4 Å². The van der Waals surface area contributed by atoms with Gasteiger partial charge in [0.2, 0.25) is 0 Å². The summed E-state index contributed by atoms with van der Waals surface area (Å²) in [5.41, 5.74) is 0. The minimum absolute atomic E-state index is 0.971. The van der Waals surface area contributed by atoms with Crippen LogP contribution in [0.2, 0.25) is 0 Å². The molecular formula is C10H12IN. The summed E-state index contributed by atoms with van der Waals surface area (Å²) < 4.78 is 0.971. The van der Waals surface area contributed by atoms with Crippen LogP contribution in [0.25, 0.3) is 0 Å². The molecule has 0 aromatic carbocycles. The molecule has 0 saturated heterocycles. The van der Waals surface area contributed by atoms with Gasteiger partial charge in [0.25, 0.3) is 0 Å². The van der Waals surface area contributed by atoms with E-state index in [9.17, 15) is 0 Å². The molecule has 0 N–H and O–H groups in total. The Morgan fingerprint density at radius 2 is 2.08 bits per heavy atom. The average Bonchev–Trinajstić information content (AvgIpc) is 2.05. The fraction of sp³-hybridized carbons (Fsp3) is 0.100. The lowest BCUT2D eigenvalue weighted by Gasteiger charge is -1.81. The highest BCUT2D eigenvalue weighted by atomic mass is 127. The molecule has 0 aromatic rings. The topological polar surface area (TPSA) is 12.4 Å². The first kappa shape index (κ1) is 11.4. The van der Waals surface area contributed by atoms with Crippen LogP contribution >= 0.6 is 22.6 Å². The van der Waals surface area contributed by atoms with E-state index in [-0.39, 0.29) is 0 Å². The van der Waals surface area contributed by atoms with Crippen molar-refractivity contribution >= 4 is 26.3 Å². The Hall–Kier alpha value is -0.640. The maximum atomic E-state index is 4.14. The maximum absolute atomic E-state index is 4.14. The summed E-state index contributed by atoms with van der Waals surface area (Å²) in [4.78, 5) is 4.14. The van der Waals surface area contributed by atoms with Gasteiger partial charge in [-0.25, -0.2) is 0 Å². The molecule has 0 heterocycles. The predicted octanol–water partition coefficient (Wildman–Crippen LogP) is 3.65. The van der Waals surface area contributed by atoms with Crippen LogP contribution in [0.1, 0.15) is 6.92 Å². The Morgan fingerprint density at radius 1 is 1.33 bits per heavy atom. The number of hydrogen-bond donors (Lipinski definition) is 0. The zero-order chi connectivity index (χ0) is 9.23. The molecule has 0 fully saturated rings. The van der Waals surface area contributed by atoms with E-state index in [1.165, 1.54) is 0 Å². The van der Waals surface area contributed by atoms with Gasteiger partial charge in [-0.15, -0.1) is 0 Å². The van der Waals surface area contributed by atoms with E-state index < -0.39 is 0 Å². The van der Waals surface area contributed by atoms with Gasteiger partial charge in [-0.1, -0.05) is 30.9 Å². The number of halogens is 1. The van der Waals surface area contributed by atoms with E-state index in [1.807, 2.05) is 37.3 Å². The molecule has 0 amide bonds. The molecule has 2 heteroatoms. The van der Waals surface area contributed by atoms with Crippen LogP contribution in [-0.2, 0) is 0 Å². The number of nitrogens with zero attached hydrogens (tertiary/aromatic N) is 1. The predicted molar refractivity (Wildman–Crippen MR) is 64.7 cm³/mol. The summed E-state index contributed by atoms with van der Waals surface area (Å²) in [5, 5.41) is 0. The van der Waals surface area contributed by atoms with Gasteiger partial charge in [0.05, 0.1) is 0 Å². The quantitative estimate of drug-likeness (QED) is 0.421. The normalized spacial score (nSPS) is 13.7.